The summed E-state index contributed by atoms with van der Waals surface area (Å²) in [6, 6.07) is 4.80. The quantitative estimate of drug-likeness (QED) is 0.553. The number of likely N-dealkylation sites (N-methyl/N-ethyl adjacent to an activating group) is 1. The van der Waals surface area contributed by atoms with E-state index in [1.165, 1.54) is 6.42 Å². The zero-order valence-electron chi connectivity index (χ0n) is 18.8. The third-order valence-electron chi connectivity index (χ3n) is 6.29. The van der Waals surface area contributed by atoms with Crippen molar-refractivity contribution in [3.8, 4) is 5.75 Å². The predicted molar refractivity (Wildman–Crippen MR) is 121 cm³/mol. The molecule has 1 saturated carbocycles. The number of anilines is 1. The Morgan fingerprint density at radius 3 is 2.71 bits per heavy atom. The van der Waals surface area contributed by atoms with Crippen molar-refractivity contribution in [2.24, 2.45) is 5.92 Å². The van der Waals surface area contributed by atoms with E-state index >= 15 is 0 Å². The average molecular weight is 433 g/mol. The number of aliphatic hydroxyl groups is 1. The Labute approximate surface area is 184 Å². The first-order valence-corrected chi connectivity index (χ1v) is 11.4. The molecule has 31 heavy (non-hydrogen) atoms. The zero-order valence-corrected chi connectivity index (χ0v) is 18.8. The number of amides is 3. The number of aliphatic hydroxyl groups excluding tert-OH is 1. The summed E-state index contributed by atoms with van der Waals surface area (Å²) in [5, 5.41) is 18.8. The highest BCUT2D eigenvalue weighted by Gasteiger charge is 2.34. The summed E-state index contributed by atoms with van der Waals surface area (Å²) in [6.07, 6.45) is 5.26. The van der Waals surface area contributed by atoms with Crippen LogP contribution < -0.4 is 20.7 Å². The van der Waals surface area contributed by atoms with Gasteiger partial charge in [0.15, 0.2) is 5.75 Å². The Kier molecular flexibility index (Phi) is 8.15. The molecule has 0 aromatic heterocycles. The van der Waals surface area contributed by atoms with Crippen LogP contribution in [0.3, 0.4) is 0 Å². The lowest BCUT2D eigenvalue weighted by Crippen LogP contribution is -2.49. The van der Waals surface area contributed by atoms with Crippen molar-refractivity contribution in [1.29, 1.82) is 0 Å². The number of rotatable bonds is 6. The van der Waals surface area contributed by atoms with Gasteiger partial charge < -0.3 is 30.7 Å². The lowest BCUT2D eigenvalue weighted by molar-refractivity contribution is 0.0417. The Bertz CT molecular complexity index is 766. The third kappa shape index (κ3) is 5.68. The molecule has 1 fully saturated rings. The van der Waals surface area contributed by atoms with Crippen molar-refractivity contribution in [3.05, 3.63) is 23.8 Å². The Morgan fingerprint density at radius 1 is 1.29 bits per heavy atom. The summed E-state index contributed by atoms with van der Waals surface area (Å²) in [4.78, 5) is 27.7. The molecule has 3 atom stereocenters. The number of benzene rings is 1. The molecule has 172 valence electrons. The number of ether oxygens (including phenoxy) is 1. The Hall–Kier alpha value is -2.32. The lowest BCUT2D eigenvalue weighted by atomic mass is 9.96. The molecule has 1 aliphatic carbocycles. The van der Waals surface area contributed by atoms with E-state index in [1.54, 1.807) is 23.1 Å². The lowest BCUT2D eigenvalue weighted by Gasteiger charge is -2.37. The van der Waals surface area contributed by atoms with Gasteiger partial charge in [0.25, 0.3) is 5.91 Å². The molecule has 1 heterocycles. The summed E-state index contributed by atoms with van der Waals surface area (Å²) in [6.45, 7) is 4.82. The van der Waals surface area contributed by atoms with Crippen molar-refractivity contribution in [2.45, 2.75) is 64.1 Å². The Morgan fingerprint density at radius 2 is 2.03 bits per heavy atom. The number of carbonyl (C=O) groups is 2. The van der Waals surface area contributed by atoms with Crippen molar-refractivity contribution in [2.75, 3.05) is 32.1 Å². The second kappa shape index (κ2) is 10.8. The molecular formula is C23H36N4O4. The van der Waals surface area contributed by atoms with Crippen LogP contribution in [0.2, 0.25) is 0 Å². The summed E-state index contributed by atoms with van der Waals surface area (Å²) in [5.41, 5.74) is 0.870. The van der Waals surface area contributed by atoms with Gasteiger partial charge in [0.2, 0.25) is 0 Å². The van der Waals surface area contributed by atoms with Crippen LogP contribution in [0.25, 0.3) is 0 Å². The minimum absolute atomic E-state index is 0.0303. The predicted octanol–water partition coefficient (Wildman–Crippen LogP) is 2.58. The van der Waals surface area contributed by atoms with Gasteiger partial charge in [-0.05, 0) is 38.9 Å². The molecule has 1 aromatic carbocycles. The van der Waals surface area contributed by atoms with Crippen LogP contribution in [0, 0.1) is 5.92 Å². The molecule has 1 aromatic rings. The van der Waals surface area contributed by atoms with Crippen LogP contribution in [0.5, 0.6) is 5.75 Å². The molecule has 0 spiro atoms. The third-order valence-corrected chi connectivity index (χ3v) is 6.29. The van der Waals surface area contributed by atoms with Gasteiger partial charge in [-0.3, -0.25) is 4.79 Å². The monoisotopic (exact) mass is 432 g/mol. The van der Waals surface area contributed by atoms with Gasteiger partial charge in [-0.2, -0.15) is 0 Å². The van der Waals surface area contributed by atoms with Crippen LogP contribution in [0.4, 0.5) is 10.5 Å². The van der Waals surface area contributed by atoms with E-state index in [4.69, 9.17) is 4.74 Å². The van der Waals surface area contributed by atoms with Crippen LogP contribution in [-0.2, 0) is 0 Å². The number of nitrogens with one attached hydrogen (secondary N) is 3. The van der Waals surface area contributed by atoms with E-state index in [0.29, 0.717) is 30.1 Å². The van der Waals surface area contributed by atoms with Crippen LogP contribution in [0.1, 0.15) is 56.3 Å². The van der Waals surface area contributed by atoms with Gasteiger partial charge in [-0.15, -0.1) is 0 Å². The summed E-state index contributed by atoms with van der Waals surface area (Å²) < 4.78 is 6.33. The molecule has 8 nitrogen and oxygen atoms in total. The first kappa shape index (κ1) is 23.3. The number of nitrogens with zero attached hydrogens (tertiary/aromatic N) is 1. The second-order valence-electron chi connectivity index (χ2n) is 8.80. The van der Waals surface area contributed by atoms with Crippen molar-refractivity contribution in [1.82, 2.24) is 15.5 Å². The maximum Gasteiger partial charge on any atom is 0.319 e. The Balaban J connectivity index is 1.89. The van der Waals surface area contributed by atoms with Gasteiger partial charge in [-0.25, -0.2) is 4.79 Å². The molecule has 0 radical (unpaired) electrons. The average Bonchev–Trinajstić information content (AvgIpc) is 2.76. The van der Waals surface area contributed by atoms with Gasteiger partial charge in [0.05, 0.1) is 23.9 Å². The topological polar surface area (TPSA) is 103 Å². The second-order valence-corrected chi connectivity index (χ2v) is 8.80. The summed E-state index contributed by atoms with van der Waals surface area (Å²) >= 11 is 0. The molecule has 2 aliphatic rings. The first-order chi connectivity index (χ1) is 14.9. The highest BCUT2D eigenvalue weighted by molar-refractivity contribution is 6.01. The van der Waals surface area contributed by atoms with Crippen LogP contribution >= 0.6 is 0 Å². The standard InChI is InChI=1S/C23H36N4O4/c1-15-13-27(16(2)14-28)22(29)18-10-7-11-19(21(18)31-20(15)12-24-3)26-23(30)25-17-8-5-4-6-9-17/h7,10-11,15-17,20,24,28H,4-6,8-9,12-14H2,1-3H3,(H2,25,26,30)/t15-,16-,20+/m1/s1. The van der Waals surface area contributed by atoms with E-state index in [9.17, 15) is 14.7 Å². The number of fused-ring (bicyclic) bond motifs is 1. The number of para-hydroxylation sites is 1. The fraction of sp³-hybridized carbons (Fsp3) is 0.652. The molecule has 3 amide bonds. The van der Waals surface area contributed by atoms with Gasteiger partial charge in [0, 0.05) is 25.0 Å². The maximum atomic E-state index is 13.3. The summed E-state index contributed by atoms with van der Waals surface area (Å²) in [7, 11) is 1.86. The molecule has 8 heteroatoms. The van der Waals surface area contributed by atoms with Crippen molar-refractivity contribution < 1.29 is 19.4 Å². The SMILES string of the molecule is CNC[C@@H]1Oc2c(NC(=O)NC3CCCCC3)cccc2C(=O)N([C@H](C)CO)C[C@H]1C. The van der Waals surface area contributed by atoms with Crippen molar-refractivity contribution in [3.63, 3.8) is 0 Å². The van der Waals surface area contributed by atoms with E-state index < -0.39 is 0 Å². The normalized spacial score (nSPS) is 23.2. The van der Waals surface area contributed by atoms with E-state index in [2.05, 4.69) is 16.0 Å². The fourth-order valence-corrected chi connectivity index (χ4v) is 4.38. The molecule has 0 bridgehead atoms. The van der Waals surface area contributed by atoms with Gasteiger partial charge >= 0.3 is 6.03 Å². The molecule has 4 N–H and O–H groups in total. The van der Waals surface area contributed by atoms with E-state index in [1.807, 2.05) is 20.9 Å². The van der Waals surface area contributed by atoms with E-state index in [-0.39, 0.29) is 42.7 Å². The number of carbonyl (C=O) groups excluding carboxylic acids is 2. The van der Waals surface area contributed by atoms with Crippen LogP contribution in [0.15, 0.2) is 18.2 Å². The van der Waals surface area contributed by atoms with Gasteiger partial charge in [0.1, 0.15) is 6.10 Å². The molecule has 3 rings (SSSR count). The largest absolute Gasteiger partial charge is 0.486 e. The number of hydrogen-bond donors (Lipinski definition) is 4. The fourth-order valence-electron chi connectivity index (χ4n) is 4.38. The smallest absolute Gasteiger partial charge is 0.319 e. The minimum atomic E-state index is -0.317. The number of hydrogen-bond acceptors (Lipinski definition) is 5. The van der Waals surface area contributed by atoms with Gasteiger partial charge in [-0.1, -0.05) is 32.3 Å². The van der Waals surface area contributed by atoms with Crippen molar-refractivity contribution >= 4 is 17.6 Å². The number of urea groups is 1. The maximum absolute atomic E-state index is 13.3. The molecule has 0 unspecified atom stereocenters. The molecule has 1 aliphatic heterocycles. The highest BCUT2D eigenvalue weighted by Crippen LogP contribution is 2.34. The first-order valence-electron chi connectivity index (χ1n) is 11.4. The van der Waals surface area contributed by atoms with E-state index in [0.717, 1.165) is 25.7 Å². The summed E-state index contributed by atoms with van der Waals surface area (Å²) in [5.74, 6) is 0.207. The highest BCUT2D eigenvalue weighted by atomic mass is 16.5. The molecular weight excluding hydrogens is 396 g/mol. The minimum Gasteiger partial charge on any atom is -0.486 e. The molecule has 0 saturated heterocycles. The van der Waals surface area contributed by atoms with Crippen LogP contribution in [-0.4, -0.2) is 66.9 Å². The zero-order chi connectivity index (χ0) is 22.4.